The average molecular weight is 608 g/mol. The number of urea groups is 1. The molecule has 0 saturated heterocycles. The van der Waals surface area contributed by atoms with E-state index in [0.29, 0.717) is 51.4 Å². The van der Waals surface area contributed by atoms with Crippen LogP contribution in [0.25, 0.3) is 10.8 Å². The number of nitrogens with zero attached hydrogens (tertiary/aromatic N) is 2. The predicted molar refractivity (Wildman–Crippen MR) is 184 cm³/mol. The van der Waals surface area contributed by atoms with Gasteiger partial charge in [-0.15, -0.1) is 0 Å². The second kappa shape index (κ2) is 16.7. The number of hydrogen-bond donors (Lipinski definition) is 3. The standard InChI is InChI=1S/C38H49N5O2/c1-29(19-22-39)27-38(2,3)28-41-36(44)35(26-32-16-11-15-31-14-7-8-18-34(31)32)42-37(45)43(24-20-30-12-5-4-6-13-30)25-21-33-17-9-10-23-40-33/h4-18,23,29,35H,19-22,24-28,39H2,1-3H3,(H,41,44)(H,42,45)/t29-,35-/m1/s1. The predicted octanol–water partition coefficient (Wildman–Crippen LogP) is 6.16. The molecule has 0 bridgehead atoms. The van der Waals surface area contributed by atoms with Crippen molar-refractivity contribution in [3.8, 4) is 0 Å². The molecule has 0 aliphatic rings. The van der Waals surface area contributed by atoms with Gasteiger partial charge in [-0.05, 0) is 71.2 Å². The van der Waals surface area contributed by atoms with Crippen LogP contribution in [0.5, 0.6) is 0 Å². The van der Waals surface area contributed by atoms with Gasteiger partial charge in [-0.2, -0.15) is 0 Å². The number of nitrogens with two attached hydrogens (primary N) is 1. The third-order valence-corrected chi connectivity index (χ3v) is 8.38. The first kappa shape index (κ1) is 33.7. The van der Waals surface area contributed by atoms with Gasteiger partial charge < -0.3 is 21.3 Å². The van der Waals surface area contributed by atoms with Gasteiger partial charge in [0, 0.05) is 44.4 Å². The van der Waals surface area contributed by atoms with E-state index in [0.717, 1.165) is 40.4 Å². The molecule has 1 aromatic heterocycles. The molecule has 4 N–H and O–H groups in total. The molecular weight excluding hydrogens is 558 g/mol. The van der Waals surface area contributed by atoms with Crippen molar-refractivity contribution in [1.82, 2.24) is 20.5 Å². The number of nitrogens with one attached hydrogen (secondary N) is 2. The molecule has 1 heterocycles. The van der Waals surface area contributed by atoms with Crippen molar-refractivity contribution in [3.63, 3.8) is 0 Å². The highest BCUT2D eigenvalue weighted by Gasteiger charge is 2.28. The number of pyridine rings is 1. The zero-order valence-electron chi connectivity index (χ0n) is 27.0. The zero-order valence-corrected chi connectivity index (χ0v) is 27.0. The number of fused-ring (bicyclic) bond motifs is 1. The van der Waals surface area contributed by atoms with E-state index in [2.05, 4.69) is 66.7 Å². The van der Waals surface area contributed by atoms with E-state index in [1.54, 1.807) is 6.20 Å². The largest absolute Gasteiger partial charge is 0.354 e. The van der Waals surface area contributed by atoms with Gasteiger partial charge >= 0.3 is 6.03 Å². The molecule has 0 aliphatic heterocycles. The fourth-order valence-corrected chi connectivity index (χ4v) is 6.01. The van der Waals surface area contributed by atoms with Crippen LogP contribution in [0.15, 0.2) is 97.2 Å². The number of benzene rings is 3. The summed E-state index contributed by atoms with van der Waals surface area (Å²) in [6.45, 7) is 8.73. The summed E-state index contributed by atoms with van der Waals surface area (Å²) in [5.41, 5.74) is 8.78. The topological polar surface area (TPSA) is 100 Å². The summed E-state index contributed by atoms with van der Waals surface area (Å²) in [6.07, 6.45) is 5.40. The van der Waals surface area contributed by atoms with Crippen LogP contribution in [0.3, 0.4) is 0 Å². The third kappa shape index (κ3) is 10.7. The molecule has 45 heavy (non-hydrogen) atoms. The van der Waals surface area contributed by atoms with Crippen LogP contribution < -0.4 is 16.4 Å². The maximum atomic E-state index is 14.0. The smallest absolute Gasteiger partial charge is 0.318 e. The molecule has 4 rings (SSSR count). The van der Waals surface area contributed by atoms with E-state index in [4.69, 9.17) is 5.73 Å². The SMILES string of the molecule is C[C@H](CCN)CC(C)(C)CNC(=O)[C@@H](Cc1cccc2ccccc12)NC(=O)N(CCc1ccccc1)CCc1ccccn1. The highest BCUT2D eigenvalue weighted by Crippen LogP contribution is 2.26. The Balaban J connectivity index is 1.54. The Morgan fingerprint density at radius 3 is 2.36 bits per heavy atom. The molecule has 238 valence electrons. The molecule has 0 unspecified atom stereocenters. The molecule has 0 radical (unpaired) electrons. The van der Waals surface area contributed by atoms with Gasteiger partial charge in [0.25, 0.3) is 0 Å². The van der Waals surface area contributed by atoms with Gasteiger partial charge in [-0.1, -0.05) is 99.6 Å². The minimum Gasteiger partial charge on any atom is -0.354 e. The van der Waals surface area contributed by atoms with E-state index < -0.39 is 6.04 Å². The van der Waals surface area contributed by atoms with Crippen LogP contribution in [0.2, 0.25) is 0 Å². The van der Waals surface area contributed by atoms with E-state index in [9.17, 15) is 9.59 Å². The lowest BCUT2D eigenvalue weighted by Crippen LogP contribution is -2.53. The second-order valence-corrected chi connectivity index (χ2v) is 12.9. The summed E-state index contributed by atoms with van der Waals surface area (Å²) in [6, 6.07) is 29.3. The maximum absolute atomic E-state index is 14.0. The number of aromatic nitrogens is 1. The molecule has 0 spiro atoms. The van der Waals surface area contributed by atoms with Gasteiger partial charge in [0.15, 0.2) is 0 Å². The highest BCUT2D eigenvalue weighted by molar-refractivity contribution is 5.90. The van der Waals surface area contributed by atoms with Crippen molar-refractivity contribution in [2.24, 2.45) is 17.1 Å². The van der Waals surface area contributed by atoms with E-state index in [1.807, 2.05) is 65.6 Å². The Morgan fingerprint density at radius 1 is 0.889 bits per heavy atom. The van der Waals surface area contributed by atoms with Crippen LogP contribution in [-0.2, 0) is 24.1 Å². The van der Waals surface area contributed by atoms with Crippen molar-refractivity contribution >= 4 is 22.7 Å². The summed E-state index contributed by atoms with van der Waals surface area (Å²) >= 11 is 0. The van der Waals surface area contributed by atoms with Crippen LogP contribution in [-0.4, -0.2) is 54.0 Å². The number of hydrogen-bond acceptors (Lipinski definition) is 4. The molecule has 0 saturated carbocycles. The van der Waals surface area contributed by atoms with Gasteiger partial charge in [-0.3, -0.25) is 9.78 Å². The fourth-order valence-electron chi connectivity index (χ4n) is 6.01. The van der Waals surface area contributed by atoms with Crippen LogP contribution >= 0.6 is 0 Å². The van der Waals surface area contributed by atoms with Crippen molar-refractivity contribution in [2.45, 2.75) is 58.9 Å². The fraction of sp³-hybridized carbons (Fsp3) is 0.395. The number of carbonyl (C=O) groups excluding carboxylic acids is 2. The third-order valence-electron chi connectivity index (χ3n) is 8.38. The normalized spacial score (nSPS) is 12.8. The van der Waals surface area contributed by atoms with Crippen molar-refractivity contribution in [1.29, 1.82) is 0 Å². The maximum Gasteiger partial charge on any atom is 0.318 e. The summed E-state index contributed by atoms with van der Waals surface area (Å²) < 4.78 is 0. The summed E-state index contributed by atoms with van der Waals surface area (Å²) in [5.74, 6) is 0.286. The lowest BCUT2D eigenvalue weighted by molar-refractivity contribution is -0.123. The minimum atomic E-state index is -0.741. The monoisotopic (exact) mass is 607 g/mol. The van der Waals surface area contributed by atoms with Gasteiger partial charge in [0.1, 0.15) is 6.04 Å². The van der Waals surface area contributed by atoms with Crippen LogP contribution in [0.1, 0.15) is 50.4 Å². The van der Waals surface area contributed by atoms with E-state index >= 15 is 0 Å². The van der Waals surface area contributed by atoms with Crippen molar-refractivity contribution in [2.75, 3.05) is 26.2 Å². The average Bonchev–Trinajstić information content (AvgIpc) is 3.04. The summed E-state index contributed by atoms with van der Waals surface area (Å²) in [5, 5.41) is 8.51. The van der Waals surface area contributed by atoms with Crippen LogP contribution in [0.4, 0.5) is 4.79 Å². The molecule has 7 nitrogen and oxygen atoms in total. The summed E-state index contributed by atoms with van der Waals surface area (Å²) in [4.78, 5) is 34.1. The Labute approximate surface area is 268 Å². The number of carbonyl (C=O) groups is 2. The first-order valence-corrected chi connectivity index (χ1v) is 16.2. The molecule has 4 aromatic rings. The van der Waals surface area contributed by atoms with Crippen molar-refractivity contribution in [3.05, 3.63) is 114 Å². The van der Waals surface area contributed by atoms with Crippen molar-refractivity contribution < 1.29 is 9.59 Å². The zero-order chi connectivity index (χ0) is 32.1. The molecule has 7 heteroatoms. The van der Waals surface area contributed by atoms with E-state index in [1.165, 1.54) is 0 Å². The molecule has 3 amide bonds. The lowest BCUT2D eigenvalue weighted by Gasteiger charge is -2.30. The Bertz CT molecular complexity index is 1440. The molecule has 0 aliphatic carbocycles. The molecular formula is C38H49N5O2. The highest BCUT2D eigenvalue weighted by atomic mass is 16.2. The molecule has 2 atom stereocenters. The van der Waals surface area contributed by atoms with Crippen LogP contribution in [0, 0.1) is 11.3 Å². The van der Waals surface area contributed by atoms with Gasteiger partial charge in [0.05, 0.1) is 0 Å². The quantitative estimate of drug-likeness (QED) is 0.142. The minimum absolute atomic E-state index is 0.108. The van der Waals surface area contributed by atoms with E-state index in [-0.39, 0.29) is 17.4 Å². The second-order valence-electron chi connectivity index (χ2n) is 12.9. The Morgan fingerprint density at radius 2 is 1.60 bits per heavy atom. The first-order valence-electron chi connectivity index (χ1n) is 16.2. The molecule has 3 aromatic carbocycles. The first-order chi connectivity index (χ1) is 21.7. The lowest BCUT2D eigenvalue weighted by atomic mass is 9.82. The Hall–Kier alpha value is -4.23. The van der Waals surface area contributed by atoms with Gasteiger partial charge in [-0.25, -0.2) is 4.79 Å². The summed E-state index contributed by atoms with van der Waals surface area (Å²) in [7, 11) is 0. The number of rotatable bonds is 16. The Kier molecular flexibility index (Phi) is 12.5. The number of amides is 3. The molecule has 0 fully saturated rings. The van der Waals surface area contributed by atoms with Gasteiger partial charge in [0.2, 0.25) is 5.91 Å².